The Morgan fingerprint density at radius 3 is 2.42 bits per heavy atom. The summed E-state index contributed by atoms with van der Waals surface area (Å²) in [6.07, 6.45) is 0. The van der Waals surface area contributed by atoms with Crippen molar-refractivity contribution in [2.75, 3.05) is 19.5 Å². The molecule has 0 unspecified atom stereocenters. The molecule has 0 fully saturated rings. The Morgan fingerprint density at radius 2 is 1.76 bits per heavy atom. The van der Waals surface area contributed by atoms with Crippen molar-refractivity contribution in [1.29, 1.82) is 0 Å². The summed E-state index contributed by atoms with van der Waals surface area (Å²) in [4.78, 5) is 41.3. The number of esters is 1. The zero-order valence-electron chi connectivity index (χ0n) is 18.2. The number of nitrogens with one attached hydrogen (secondary N) is 1. The fourth-order valence-electron chi connectivity index (χ4n) is 3.49. The van der Waals surface area contributed by atoms with Crippen LogP contribution in [0.25, 0.3) is 21.0 Å². The second kappa shape index (κ2) is 9.25. The van der Waals surface area contributed by atoms with E-state index < -0.39 is 11.9 Å². The van der Waals surface area contributed by atoms with Crippen molar-refractivity contribution in [2.45, 2.75) is 13.5 Å². The molecule has 0 radical (unpaired) electrons. The van der Waals surface area contributed by atoms with E-state index in [-0.39, 0.29) is 12.5 Å². The number of amides is 2. The molecule has 168 valence electrons. The molecule has 1 aromatic heterocycles. The summed E-state index contributed by atoms with van der Waals surface area (Å²) in [5, 5.41) is 4.56. The lowest BCUT2D eigenvalue weighted by molar-refractivity contribution is -0.141. The van der Waals surface area contributed by atoms with Crippen LogP contribution in [0.3, 0.4) is 0 Å². The molecule has 3 aromatic carbocycles. The van der Waals surface area contributed by atoms with E-state index in [0.717, 1.165) is 15.5 Å². The molecule has 0 saturated heterocycles. The normalized spacial score (nSPS) is 11.5. The van der Waals surface area contributed by atoms with Gasteiger partial charge in [0.1, 0.15) is 12.3 Å². The maximum Gasteiger partial charge on any atom is 0.325 e. The molecule has 4 aromatic rings. The Hall–Kier alpha value is -3.98. The van der Waals surface area contributed by atoms with E-state index in [2.05, 4.69) is 10.3 Å². The molecule has 0 saturated carbocycles. The maximum atomic E-state index is 13.2. The number of fused-ring (bicyclic) bond motifs is 2. The first-order valence-corrected chi connectivity index (χ1v) is 10.8. The standard InChI is InChI=1S/C24H21N3O5S/c1-14(28)25-17-8-9-19-21(12-17)33-24(27(19)13-22(29)32-3)26-23(30)18-10-15-6-4-5-7-16(15)11-20(18)31-2/h4-12H,13H2,1-3H3,(H,25,28). The average Bonchev–Trinajstić information content (AvgIpc) is 3.13. The van der Waals surface area contributed by atoms with E-state index in [1.54, 1.807) is 34.9 Å². The predicted octanol–water partition coefficient (Wildman–Crippen LogP) is 3.74. The molecule has 0 atom stereocenters. The number of benzene rings is 3. The number of ether oxygens (including phenoxy) is 2. The van der Waals surface area contributed by atoms with Crippen LogP contribution in [0.15, 0.2) is 59.6 Å². The van der Waals surface area contributed by atoms with Gasteiger partial charge in [0.05, 0.1) is 30.0 Å². The Balaban J connectivity index is 1.86. The molecule has 2 amide bonds. The lowest BCUT2D eigenvalue weighted by Gasteiger charge is -2.08. The number of anilines is 1. The Kier molecular flexibility index (Phi) is 6.23. The van der Waals surface area contributed by atoms with Crippen molar-refractivity contribution in [2.24, 2.45) is 4.99 Å². The van der Waals surface area contributed by atoms with Gasteiger partial charge >= 0.3 is 5.97 Å². The van der Waals surface area contributed by atoms with Gasteiger partial charge in [-0.3, -0.25) is 14.4 Å². The van der Waals surface area contributed by atoms with E-state index >= 15 is 0 Å². The number of thiazole rings is 1. The molecule has 1 N–H and O–H groups in total. The van der Waals surface area contributed by atoms with Gasteiger partial charge in [0.2, 0.25) is 5.91 Å². The van der Waals surface area contributed by atoms with Crippen molar-refractivity contribution < 1.29 is 23.9 Å². The maximum absolute atomic E-state index is 13.2. The number of hydrogen-bond acceptors (Lipinski definition) is 6. The minimum Gasteiger partial charge on any atom is -0.496 e. The van der Waals surface area contributed by atoms with Crippen molar-refractivity contribution in [3.8, 4) is 5.75 Å². The summed E-state index contributed by atoms with van der Waals surface area (Å²) in [7, 11) is 2.80. The molecular formula is C24H21N3O5S. The number of aromatic nitrogens is 1. The minimum atomic E-state index is -0.496. The van der Waals surface area contributed by atoms with Gasteiger partial charge in [0.25, 0.3) is 5.91 Å². The highest BCUT2D eigenvalue weighted by atomic mass is 32.1. The third kappa shape index (κ3) is 4.63. The molecule has 0 aliphatic heterocycles. The number of carbonyl (C=O) groups excluding carboxylic acids is 3. The van der Waals surface area contributed by atoms with Crippen LogP contribution in [-0.2, 0) is 20.9 Å². The van der Waals surface area contributed by atoms with Gasteiger partial charge in [0.15, 0.2) is 4.80 Å². The SMILES string of the molecule is COC(=O)Cn1c(=NC(=O)c2cc3ccccc3cc2OC)sc2cc(NC(C)=O)ccc21. The zero-order chi connectivity index (χ0) is 23.5. The van der Waals surface area contributed by atoms with Crippen molar-refractivity contribution in [3.05, 3.63) is 65.0 Å². The minimum absolute atomic E-state index is 0.114. The molecule has 9 heteroatoms. The van der Waals surface area contributed by atoms with Gasteiger partial charge in [-0.05, 0) is 41.1 Å². The molecule has 0 bridgehead atoms. The van der Waals surface area contributed by atoms with Gasteiger partial charge in [0, 0.05) is 12.6 Å². The quantitative estimate of drug-likeness (QED) is 0.455. The number of hydrogen-bond donors (Lipinski definition) is 1. The topological polar surface area (TPSA) is 99.0 Å². The molecular weight excluding hydrogens is 442 g/mol. The predicted molar refractivity (Wildman–Crippen MR) is 127 cm³/mol. The number of rotatable bonds is 5. The van der Waals surface area contributed by atoms with Crippen LogP contribution in [0.5, 0.6) is 5.75 Å². The zero-order valence-corrected chi connectivity index (χ0v) is 19.1. The first-order valence-electron chi connectivity index (χ1n) is 10.0. The Morgan fingerprint density at radius 1 is 1.03 bits per heavy atom. The van der Waals surface area contributed by atoms with Gasteiger partial charge in [-0.25, -0.2) is 0 Å². The summed E-state index contributed by atoms with van der Waals surface area (Å²) in [6.45, 7) is 1.31. The Bertz CT molecular complexity index is 1470. The third-order valence-electron chi connectivity index (χ3n) is 5.01. The second-order valence-corrected chi connectivity index (χ2v) is 8.24. The number of methoxy groups -OCH3 is 2. The first-order chi connectivity index (χ1) is 15.9. The molecule has 1 heterocycles. The van der Waals surface area contributed by atoms with Crippen molar-refractivity contribution in [3.63, 3.8) is 0 Å². The van der Waals surface area contributed by atoms with E-state index in [0.29, 0.717) is 27.3 Å². The van der Waals surface area contributed by atoms with Crippen molar-refractivity contribution >= 4 is 55.8 Å². The van der Waals surface area contributed by atoms with Crippen LogP contribution in [0.2, 0.25) is 0 Å². The molecule has 0 spiro atoms. The van der Waals surface area contributed by atoms with Crippen LogP contribution < -0.4 is 14.9 Å². The fourth-order valence-corrected chi connectivity index (χ4v) is 4.56. The largest absolute Gasteiger partial charge is 0.496 e. The van der Waals surface area contributed by atoms with Gasteiger partial charge in [-0.2, -0.15) is 4.99 Å². The Labute approximate surface area is 193 Å². The van der Waals surface area contributed by atoms with E-state index in [1.807, 2.05) is 24.3 Å². The van der Waals surface area contributed by atoms with E-state index in [1.165, 1.54) is 32.5 Å². The van der Waals surface area contributed by atoms with Crippen LogP contribution >= 0.6 is 11.3 Å². The molecule has 0 aliphatic carbocycles. The van der Waals surface area contributed by atoms with E-state index in [9.17, 15) is 14.4 Å². The third-order valence-corrected chi connectivity index (χ3v) is 6.05. The molecule has 8 nitrogen and oxygen atoms in total. The lowest BCUT2D eigenvalue weighted by Crippen LogP contribution is -2.22. The first kappa shape index (κ1) is 22.2. The smallest absolute Gasteiger partial charge is 0.325 e. The highest BCUT2D eigenvalue weighted by molar-refractivity contribution is 7.16. The summed E-state index contributed by atoms with van der Waals surface area (Å²) in [6, 6.07) is 16.5. The van der Waals surface area contributed by atoms with Crippen LogP contribution in [0, 0.1) is 0 Å². The number of nitrogens with zero attached hydrogens (tertiary/aromatic N) is 2. The lowest BCUT2D eigenvalue weighted by atomic mass is 10.1. The average molecular weight is 464 g/mol. The van der Waals surface area contributed by atoms with E-state index in [4.69, 9.17) is 9.47 Å². The highest BCUT2D eigenvalue weighted by Crippen LogP contribution is 2.27. The molecule has 0 aliphatic rings. The van der Waals surface area contributed by atoms with Crippen LogP contribution in [-0.4, -0.2) is 36.6 Å². The molecule has 4 rings (SSSR count). The highest BCUT2D eigenvalue weighted by Gasteiger charge is 2.16. The fraction of sp³-hybridized carbons (Fsp3) is 0.167. The van der Waals surface area contributed by atoms with Crippen LogP contribution in [0.1, 0.15) is 17.3 Å². The summed E-state index contributed by atoms with van der Waals surface area (Å²) >= 11 is 1.23. The van der Waals surface area contributed by atoms with Crippen molar-refractivity contribution in [1.82, 2.24) is 4.57 Å². The number of carbonyl (C=O) groups is 3. The van der Waals surface area contributed by atoms with Gasteiger partial charge in [-0.1, -0.05) is 35.6 Å². The second-order valence-electron chi connectivity index (χ2n) is 7.23. The molecule has 33 heavy (non-hydrogen) atoms. The van der Waals surface area contributed by atoms with Gasteiger partial charge in [-0.15, -0.1) is 0 Å². The summed E-state index contributed by atoms with van der Waals surface area (Å²) < 4.78 is 12.6. The summed E-state index contributed by atoms with van der Waals surface area (Å²) in [5.41, 5.74) is 1.62. The monoisotopic (exact) mass is 463 g/mol. The van der Waals surface area contributed by atoms with Crippen LogP contribution in [0.4, 0.5) is 5.69 Å². The van der Waals surface area contributed by atoms with Gasteiger partial charge < -0.3 is 19.4 Å². The summed E-state index contributed by atoms with van der Waals surface area (Å²) in [5.74, 6) is -0.754.